The second-order valence-electron chi connectivity index (χ2n) is 10.0. The highest BCUT2D eigenvalue weighted by molar-refractivity contribution is 9.10. The zero-order valence-electron chi connectivity index (χ0n) is 22.8. The van der Waals surface area contributed by atoms with E-state index >= 15 is 0 Å². The Kier molecular flexibility index (Phi) is 8.00. The lowest BCUT2D eigenvalue weighted by atomic mass is 9.82. The molecule has 4 aromatic rings. The van der Waals surface area contributed by atoms with Gasteiger partial charge in [-0.1, -0.05) is 57.2 Å². The van der Waals surface area contributed by atoms with Crippen molar-refractivity contribution in [3.05, 3.63) is 97.4 Å². The Hall–Kier alpha value is -3.76. The van der Waals surface area contributed by atoms with Crippen molar-refractivity contribution in [2.75, 3.05) is 17.3 Å². The van der Waals surface area contributed by atoms with Gasteiger partial charge in [0.15, 0.2) is 0 Å². The number of primary sulfonamides is 1. The molecule has 3 aromatic carbocycles. The first kappa shape index (κ1) is 30.3. The summed E-state index contributed by atoms with van der Waals surface area (Å²) in [7, 11) is -2.39. The van der Waals surface area contributed by atoms with Gasteiger partial charge in [0.2, 0.25) is 27.7 Å². The first-order valence-electron chi connectivity index (χ1n) is 13.1. The van der Waals surface area contributed by atoms with Gasteiger partial charge in [0, 0.05) is 26.5 Å². The largest absolute Gasteiger partial charge is 0.496 e. The summed E-state index contributed by atoms with van der Waals surface area (Å²) >= 11 is 5.41. The Labute approximate surface area is 268 Å². The van der Waals surface area contributed by atoms with Crippen LogP contribution in [-0.4, -0.2) is 43.1 Å². The van der Waals surface area contributed by atoms with Crippen molar-refractivity contribution >= 4 is 78.1 Å². The minimum absolute atomic E-state index is 0.111. The van der Waals surface area contributed by atoms with Crippen LogP contribution in [0.2, 0.25) is 0 Å². The summed E-state index contributed by atoms with van der Waals surface area (Å²) in [6, 6.07) is 19.3. The van der Waals surface area contributed by atoms with Crippen LogP contribution in [-0.2, 0) is 31.0 Å². The Balaban J connectivity index is 1.39. The smallest absolute Gasteiger partial charge is 0.308 e. The van der Waals surface area contributed by atoms with E-state index in [4.69, 9.17) is 9.88 Å². The van der Waals surface area contributed by atoms with Crippen molar-refractivity contribution < 1.29 is 27.5 Å². The second kappa shape index (κ2) is 11.6. The summed E-state index contributed by atoms with van der Waals surface area (Å²) < 4.78 is 30.8. The highest BCUT2D eigenvalue weighted by Crippen LogP contribution is 2.55. The van der Waals surface area contributed by atoms with E-state index in [1.54, 1.807) is 42.5 Å². The first-order valence-corrected chi connectivity index (χ1v) is 17.1. The van der Waals surface area contributed by atoms with Crippen molar-refractivity contribution in [2.24, 2.45) is 11.1 Å². The topological polar surface area (TPSA) is 158 Å². The van der Waals surface area contributed by atoms with Gasteiger partial charge in [-0.15, -0.1) is 0 Å². The van der Waals surface area contributed by atoms with Crippen molar-refractivity contribution in [1.29, 1.82) is 0 Å². The summed E-state index contributed by atoms with van der Waals surface area (Å²) in [5.41, 5.74) is 1.39. The molecule has 3 atom stereocenters. The maximum atomic E-state index is 14.0. The number of thiazole rings is 1. The molecule has 3 N–H and O–H groups in total. The van der Waals surface area contributed by atoms with Crippen molar-refractivity contribution in [1.82, 2.24) is 4.57 Å². The number of aromatic nitrogens is 1. The van der Waals surface area contributed by atoms with Gasteiger partial charge < -0.3 is 10.1 Å². The van der Waals surface area contributed by atoms with Gasteiger partial charge in [0.1, 0.15) is 17.5 Å². The zero-order valence-corrected chi connectivity index (χ0v) is 26.8. The van der Waals surface area contributed by atoms with Crippen LogP contribution in [0.1, 0.15) is 16.4 Å². The van der Waals surface area contributed by atoms with E-state index in [-0.39, 0.29) is 17.3 Å². The Morgan fingerprint density at radius 2 is 1.68 bits per heavy atom. The number of nitrogens with two attached hydrogens (primary N) is 1. The van der Waals surface area contributed by atoms with Crippen molar-refractivity contribution in [3.8, 4) is 5.75 Å². The average molecular weight is 716 g/mol. The summed E-state index contributed by atoms with van der Waals surface area (Å²) in [4.78, 5) is 55.6. The summed E-state index contributed by atoms with van der Waals surface area (Å²) in [6.07, 6.45) is 0. The molecule has 0 aliphatic carbocycles. The number of imide groups is 1. The van der Waals surface area contributed by atoms with E-state index in [0.29, 0.717) is 32.6 Å². The number of halogens is 1. The number of carbonyl (C=O) groups is 3. The molecule has 2 aliphatic heterocycles. The summed E-state index contributed by atoms with van der Waals surface area (Å²) in [5, 5.41) is 7.37. The fraction of sp³-hybridized carbons (Fsp3) is 0.172. The number of hydrogen-bond donors (Lipinski definition) is 2. The number of amides is 3. The number of methoxy groups -OCH3 is 1. The van der Waals surface area contributed by atoms with E-state index in [1.807, 2.05) is 6.07 Å². The molecular formula is C29H23BrN4O7S3. The highest BCUT2D eigenvalue weighted by atomic mass is 79.9. The zero-order chi connectivity index (χ0) is 31.3. The van der Waals surface area contributed by atoms with Crippen molar-refractivity contribution in [3.63, 3.8) is 0 Å². The fourth-order valence-corrected chi connectivity index (χ4v) is 8.97. The molecule has 1 fully saturated rings. The predicted octanol–water partition coefficient (Wildman–Crippen LogP) is 3.76. The fourth-order valence-electron chi connectivity index (χ4n) is 5.43. The molecule has 3 amide bonds. The van der Waals surface area contributed by atoms with Crippen LogP contribution in [0.15, 0.2) is 92.0 Å². The maximum Gasteiger partial charge on any atom is 0.308 e. The molecule has 0 spiro atoms. The summed E-state index contributed by atoms with van der Waals surface area (Å²) in [6.45, 7) is -0.372. The molecule has 11 nitrogen and oxygen atoms in total. The molecule has 2 aliphatic rings. The third kappa shape index (κ3) is 5.38. The normalized spacial score (nSPS) is 19.4. The standard InChI is InChI=1S/C29H23BrN4O7S3/c1-41-20-5-3-2-4-19(20)22-23-24(27(37)34(26(23)36)17-10-6-15(30)7-11-17)42-28-25(22)43-29(38)33(28)14-21(35)32-16-8-12-18(13-9-16)44(31,39)40/h2-13,22-24H,14H2,1H3,(H,32,35)(H2,31,39,40)/t22-,23-,24+/m0/s1. The van der Waals surface area contributed by atoms with E-state index in [1.165, 1.54) is 40.8 Å². The van der Waals surface area contributed by atoms with Crippen molar-refractivity contribution in [2.45, 2.75) is 27.6 Å². The van der Waals surface area contributed by atoms with Crippen LogP contribution < -0.4 is 25.0 Å². The third-order valence-corrected chi connectivity index (χ3v) is 11.4. The first-order chi connectivity index (χ1) is 21.0. The third-order valence-electron chi connectivity index (χ3n) is 7.38. The number of hydrogen-bond acceptors (Lipinski definition) is 9. The van der Waals surface area contributed by atoms with Gasteiger partial charge >= 0.3 is 4.87 Å². The maximum absolute atomic E-state index is 14.0. The second-order valence-corrected chi connectivity index (χ2v) is 14.6. The van der Waals surface area contributed by atoms with Crippen LogP contribution in [0.25, 0.3) is 0 Å². The number of fused-ring (bicyclic) bond motifs is 2. The SMILES string of the molecule is COc1ccccc1[C@@H]1c2sc(=O)n(CC(=O)Nc3ccc(S(N)(=O)=O)cc3)c2S[C@H]2C(=O)N(c3ccc(Br)cc3)C(=O)[C@@H]12. The predicted molar refractivity (Wildman–Crippen MR) is 170 cm³/mol. The number of thioether (sulfide) groups is 1. The van der Waals surface area contributed by atoms with Crippen LogP contribution in [0.3, 0.4) is 0 Å². The molecule has 44 heavy (non-hydrogen) atoms. The molecule has 0 radical (unpaired) electrons. The van der Waals surface area contributed by atoms with Gasteiger partial charge in [-0.25, -0.2) is 18.5 Å². The minimum Gasteiger partial charge on any atom is -0.496 e. The Morgan fingerprint density at radius 3 is 2.34 bits per heavy atom. The minimum atomic E-state index is -3.90. The number of ether oxygens (including phenoxy) is 1. The number of nitrogens with zero attached hydrogens (tertiary/aromatic N) is 2. The Bertz CT molecular complexity index is 1970. The number of carbonyl (C=O) groups excluding carboxylic acids is 3. The van der Waals surface area contributed by atoms with E-state index < -0.39 is 43.8 Å². The highest BCUT2D eigenvalue weighted by Gasteiger charge is 2.57. The molecule has 226 valence electrons. The molecule has 15 heteroatoms. The molecular weight excluding hydrogens is 692 g/mol. The molecule has 6 rings (SSSR count). The van der Waals surface area contributed by atoms with Crippen LogP contribution >= 0.6 is 39.0 Å². The van der Waals surface area contributed by atoms with Gasteiger partial charge in [-0.05, 0) is 54.6 Å². The quantitative estimate of drug-likeness (QED) is 0.274. The van der Waals surface area contributed by atoms with E-state index in [9.17, 15) is 27.6 Å². The van der Waals surface area contributed by atoms with Gasteiger partial charge in [0.25, 0.3) is 0 Å². The lowest BCUT2D eigenvalue weighted by molar-refractivity contribution is -0.122. The molecule has 0 saturated carbocycles. The molecule has 3 heterocycles. The van der Waals surface area contributed by atoms with E-state index in [2.05, 4.69) is 21.2 Å². The van der Waals surface area contributed by atoms with Gasteiger partial charge in [-0.2, -0.15) is 0 Å². The van der Waals surface area contributed by atoms with Crippen LogP contribution in [0.5, 0.6) is 5.75 Å². The number of rotatable bonds is 7. The summed E-state index contributed by atoms with van der Waals surface area (Å²) in [5.74, 6) is -2.34. The number of sulfonamides is 1. The number of para-hydroxylation sites is 1. The van der Waals surface area contributed by atoms with E-state index in [0.717, 1.165) is 27.6 Å². The molecule has 1 aromatic heterocycles. The number of benzene rings is 3. The molecule has 1 saturated heterocycles. The lowest BCUT2D eigenvalue weighted by Gasteiger charge is -2.31. The monoisotopic (exact) mass is 714 g/mol. The molecule has 0 unspecified atom stereocenters. The average Bonchev–Trinajstić information content (AvgIpc) is 3.43. The van der Waals surface area contributed by atoms with Crippen LogP contribution in [0, 0.1) is 5.92 Å². The molecule has 0 bridgehead atoms. The van der Waals surface area contributed by atoms with Crippen LogP contribution in [0.4, 0.5) is 11.4 Å². The number of nitrogens with one attached hydrogen (secondary N) is 1. The lowest BCUT2D eigenvalue weighted by Crippen LogP contribution is -2.33. The van der Waals surface area contributed by atoms with Gasteiger partial charge in [0.05, 0.1) is 28.6 Å². The number of anilines is 2. The Morgan fingerprint density at radius 1 is 1.00 bits per heavy atom. The van der Waals surface area contributed by atoms with Gasteiger partial charge in [-0.3, -0.25) is 23.7 Å².